The Kier molecular flexibility index (Phi) is 8.91. The summed E-state index contributed by atoms with van der Waals surface area (Å²) in [4.78, 5) is 44.7. The first kappa shape index (κ1) is 18.3. The van der Waals surface area contributed by atoms with Gasteiger partial charge < -0.3 is 26.5 Å². The molecule has 1 saturated heterocycles. The Morgan fingerprint density at radius 2 is 1.68 bits per heavy atom. The summed E-state index contributed by atoms with van der Waals surface area (Å²) in [5, 5.41) is 7.39. The molecule has 9 heteroatoms. The molecule has 0 aromatic heterocycles. The smallest absolute Gasteiger partial charge is 0.229 e. The second-order valence-corrected chi connectivity index (χ2v) is 3.91. The molecule has 1 fully saturated rings. The van der Waals surface area contributed by atoms with E-state index in [-0.39, 0.29) is 64.5 Å². The third-order valence-electron chi connectivity index (χ3n) is 2.42. The molecular formula is C10H15N4O4Y-. The van der Waals surface area contributed by atoms with E-state index in [1.54, 1.807) is 6.29 Å². The molecule has 0 aromatic carbocycles. The quantitative estimate of drug-likeness (QED) is 0.290. The largest absolute Gasteiger partial charge is 0.540 e. The van der Waals surface area contributed by atoms with Crippen LogP contribution in [0.2, 0.25) is 0 Å². The summed E-state index contributed by atoms with van der Waals surface area (Å²) in [5.74, 6) is -1.35. The summed E-state index contributed by atoms with van der Waals surface area (Å²) in [6.07, 6.45) is 1.29. The number of carbonyl (C=O) groups excluding carboxylic acids is 4. The predicted molar refractivity (Wildman–Crippen MR) is 61.1 cm³/mol. The molecule has 2 atom stereocenters. The van der Waals surface area contributed by atoms with E-state index < -0.39 is 23.9 Å². The number of nitrogens with one attached hydrogen (secondary N) is 3. The summed E-state index contributed by atoms with van der Waals surface area (Å²) in [7, 11) is 0. The van der Waals surface area contributed by atoms with Crippen LogP contribution in [0.25, 0.3) is 0 Å². The van der Waals surface area contributed by atoms with Gasteiger partial charge in [0.15, 0.2) is 5.78 Å². The fourth-order valence-electron chi connectivity index (χ4n) is 1.33. The van der Waals surface area contributed by atoms with E-state index >= 15 is 0 Å². The normalized spacial score (nSPS) is 26.1. The number of ketones is 1. The van der Waals surface area contributed by atoms with E-state index in [4.69, 9.17) is 5.73 Å². The van der Waals surface area contributed by atoms with Crippen LogP contribution >= 0.6 is 0 Å². The van der Waals surface area contributed by atoms with Crippen LogP contribution < -0.4 is 21.7 Å². The average molecular weight is 344 g/mol. The first-order valence-electron chi connectivity index (χ1n) is 5.45. The number of nitrogens with two attached hydrogens (primary N) is 1. The van der Waals surface area contributed by atoms with Crippen molar-refractivity contribution in [2.24, 2.45) is 5.73 Å². The number of amides is 2. The van der Waals surface area contributed by atoms with Gasteiger partial charge in [-0.3, -0.25) is 14.4 Å². The molecule has 0 aliphatic carbocycles. The zero-order chi connectivity index (χ0) is 13.5. The van der Waals surface area contributed by atoms with E-state index in [1.807, 2.05) is 0 Å². The van der Waals surface area contributed by atoms with Gasteiger partial charge in [0, 0.05) is 45.8 Å². The van der Waals surface area contributed by atoms with Crippen LogP contribution in [-0.2, 0) is 51.9 Å². The second kappa shape index (κ2) is 9.25. The molecule has 1 aliphatic rings. The molecule has 1 aliphatic heterocycles. The van der Waals surface area contributed by atoms with Crippen LogP contribution in [0, 0.1) is 0 Å². The number of hydrogen-bond acceptors (Lipinski definition) is 6. The first-order chi connectivity index (χ1) is 8.52. The van der Waals surface area contributed by atoms with Crippen molar-refractivity contribution >= 4 is 23.9 Å². The molecule has 0 bridgehead atoms. The molecule has 0 spiro atoms. The maximum Gasteiger partial charge on any atom is 0.229 e. The third kappa shape index (κ3) is 6.86. The predicted octanol–water partition coefficient (Wildman–Crippen LogP) is -3.42. The van der Waals surface area contributed by atoms with Crippen molar-refractivity contribution in [2.75, 3.05) is 19.6 Å². The Morgan fingerprint density at radius 3 is 2.26 bits per heavy atom. The molecule has 103 valence electrons. The summed E-state index contributed by atoms with van der Waals surface area (Å²) < 4.78 is 0. The Bertz CT molecular complexity index is 357. The van der Waals surface area contributed by atoms with Crippen LogP contribution in [-0.4, -0.2) is 55.6 Å². The summed E-state index contributed by atoms with van der Waals surface area (Å²) in [5.41, 5.74) is 5.54. The van der Waals surface area contributed by atoms with Gasteiger partial charge in [-0.1, -0.05) is 6.04 Å². The third-order valence-corrected chi connectivity index (χ3v) is 2.42. The maximum absolute atomic E-state index is 11.5. The van der Waals surface area contributed by atoms with E-state index in [2.05, 4.69) is 16.0 Å². The molecule has 2 amide bonds. The van der Waals surface area contributed by atoms with Gasteiger partial charge in [-0.25, -0.2) is 6.29 Å². The monoisotopic (exact) mass is 344 g/mol. The van der Waals surface area contributed by atoms with Crippen molar-refractivity contribution in [3.05, 3.63) is 0 Å². The van der Waals surface area contributed by atoms with Crippen LogP contribution in [0.1, 0.15) is 6.42 Å². The summed E-state index contributed by atoms with van der Waals surface area (Å²) in [6.45, 7) is -0.187. The fourth-order valence-corrected chi connectivity index (χ4v) is 1.33. The Morgan fingerprint density at radius 1 is 1.11 bits per heavy atom. The van der Waals surface area contributed by atoms with Gasteiger partial charge in [0.05, 0.1) is 12.6 Å². The topological polar surface area (TPSA) is 130 Å². The number of carbonyl (C=O) groups is 3. The van der Waals surface area contributed by atoms with Crippen molar-refractivity contribution in [1.29, 1.82) is 0 Å². The number of Topliss-reactive ketones (excluding diaryl/α,β-unsaturated/α-hetero) is 1. The molecule has 8 nitrogen and oxygen atoms in total. The minimum atomic E-state index is -0.865. The zero-order valence-corrected chi connectivity index (χ0v) is 13.1. The minimum absolute atomic E-state index is 0. The van der Waals surface area contributed by atoms with E-state index in [0.29, 0.717) is 0 Å². The molecular weight excluding hydrogens is 329 g/mol. The summed E-state index contributed by atoms with van der Waals surface area (Å²) >= 11 is 0. The van der Waals surface area contributed by atoms with Gasteiger partial charge in [0.1, 0.15) is 6.42 Å². The SMILES string of the molecule is NC1CNC(=O)CC(=O)NCC([C-]=O)NCC1=O.[Y]. The Labute approximate surface area is 135 Å². The van der Waals surface area contributed by atoms with Crippen LogP contribution in [0.5, 0.6) is 0 Å². The van der Waals surface area contributed by atoms with E-state index in [1.165, 1.54) is 0 Å². The fraction of sp³-hybridized carbons (Fsp3) is 0.600. The van der Waals surface area contributed by atoms with Crippen molar-refractivity contribution in [3.8, 4) is 0 Å². The van der Waals surface area contributed by atoms with Crippen molar-refractivity contribution < 1.29 is 51.9 Å². The van der Waals surface area contributed by atoms with Gasteiger partial charge >= 0.3 is 0 Å². The van der Waals surface area contributed by atoms with Crippen LogP contribution in [0.4, 0.5) is 0 Å². The van der Waals surface area contributed by atoms with Crippen molar-refractivity contribution in [1.82, 2.24) is 16.0 Å². The van der Waals surface area contributed by atoms with Gasteiger partial charge in [-0.05, 0) is 0 Å². The Balaban J connectivity index is 0.00000324. The van der Waals surface area contributed by atoms with Gasteiger partial charge in [-0.2, -0.15) is 0 Å². The van der Waals surface area contributed by atoms with Crippen LogP contribution in [0.3, 0.4) is 0 Å². The van der Waals surface area contributed by atoms with Gasteiger partial charge in [-0.15, -0.1) is 0 Å². The molecule has 1 heterocycles. The van der Waals surface area contributed by atoms with Crippen molar-refractivity contribution in [2.45, 2.75) is 18.5 Å². The zero-order valence-electron chi connectivity index (χ0n) is 10.3. The van der Waals surface area contributed by atoms with Gasteiger partial charge in [0.25, 0.3) is 0 Å². The van der Waals surface area contributed by atoms with E-state index in [0.717, 1.165) is 0 Å². The molecule has 19 heavy (non-hydrogen) atoms. The molecule has 0 saturated carbocycles. The van der Waals surface area contributed by atoms with Crippen LogP contribution in [0.15, 0.2) is 0 Å². The summed E-state index contributed by atoms with van der Waals surface area (Å²) in [6, 6.07) is -1.66. The second-order valence-electron chi connectivity index (χ2n) is 3.91. The van der Waals surface area contributed by atoms with E-state index in [9.17, 15) is 19.2 Å². The molecule has 0 aromatic rings. The van der Waals surface area contributed by atoms with Crippen molar-refractivity contribution in [3.63, 3.8) is 0 Å². The first-order valence-corrected chi connectivity index (χ1v) is 5.45. The maximum atomic E-state index is 11.5. The average Bonchev–Trinajstić information content (AvgIpc) is 2.34. The minimum Gasteiger partial charge on any atom is -0.540 e. The number of hydrogen-bond donors (Lipinski definition) is 4. The molecule has 1 radical (unpaired) electrons. The molecule has 1 rings (SSSR count). The Hall–Kier alpha value is -0.696. The molecule has 5 N–H and O–H groups in total. The number of rotatable bonds is 1. The van der Waals surface area contributed by atoms with Gasteiger partial charge in [0.2, 0.25) is 11.8 Å². The standard InChI is InChI=1S/C10H15N4O4.Y/c11-7-3-14-10(18)1-9(17)13-2-6(5-15)12-4-8(7)16;/h6-7,12H,1-4,11H2,(H,13,17)(H,14,18);/q-1;. The molecule has 2 unspecified atom stereocenters.